The molecule has 0 radical (unpaired) electrons. The van der Waals surface area contributed by atoms with Crippen LogP contribution in [-0.2, 0) is 11.2 Å². The number of hydrogen-bond donors (Lipinski definition) is 1. The minimum absolute atomic E-state index is 0.0214. The van der Waals surface area contributed by atoms with Crippen LogP contribution in [0.5, 0.6) is 0 Å². The normalized spacial score (nSPS) is 14.8. The van der Waals surface area contributed by atoms with Crippen molar-refractivity contribution in [2.45, 2.75) is 12.8 Å². The van der Waals surface area contributed by atoms with E-state index >= 15 is 0 Å². The fourth-order valence-corrected chi connectivity index (χ4v) is 1.99. The molecular formula is C11H11FN2OS. The molecule has 0 aliphatic carbocycles. The first-order valence-corrected chi connectivity index (χ1v) is 5.36. The summed E-state index contributed by atoms with van der Waals surface area (Å²) in [7, 11) is 0. The fourth-order valence-electron chi connectivity index (χ4n) is 1.86. The number of amides is 1. The van der Waals surface area contributed by atoms with Crippen molar-refractivity contribution in [3.8, 4) is 0 Å². The first-order valence-electron chi connectivity index (χ1n) is 4.95. The number of hydrogen-bond acceptors (Lipinski definition) is 2. The summed E-state index contributed by atoms with van der Waals surface area (Å²) in [6.07, 6.45) is 0.943. The summed E-state index contributed by atoms with van der Waals surface area (Å²) in [5.74, 6) is -0.310. The van der Waals surface area contributed by atoms with Crippen molar-refractivity contribution in [1.82, 2.24) is 0 Å². The first kappa shape index (κ1) is 11.0. The van der Waals surface area contributed by atoms with Crippen LogP contribution in [0.4, 0.5) is 10.1 Å². The smallest absolute Gasteiger partial charge is 0.227 e. The molecule has 1 aliphatic heterocycles. The zero-order chi connectivity index (χ0) is 11.7. The molecule has 1 amide bonds. The maximum atomic E-state index is 13.0. The summed E-state index contributed by atoms with van der Waals surface area (Å²) in [6, 6.07) is 4.39. The van der Waals surface area contributed by atoms with Gasteiger partial charge in [-0.1, -0.05) is 12.2 Å². The third-order valence-electron chi connectivity index (χ3n) is 2.56. The number of thiocarbonyl (C=S) groups is 1. The predicted octanol–water partition coefficient (Wildman–Crippen LogP) is 1.39. The molecule has 16 heavy (non-hydrogen) atoms. The van der Waals surface area contributed by atoms with Gasteiger partial charge in [-0.25, -0.2) is 4.39 Å². The number of nitrogens with two attached hydrogens (primary N) is 1. The second kappa shape index (κ2) is 4.17. The Morgan fingerprint density at radius 3 is 2.94 bits per heavy atom. The molecule has 0 bridgehead atoms. The molecular weight excluding hydrogens is 227 g/mol. The average Bonchev–Trinajstić information content (AvgIpc) is 2.22. The number of anilines is 1. The van der Waals surface area contributed by atoms with E-state index in [0.717, 1.165) is 5.56 Å². The van der Waals surface area contributed by atoms with E-state index in [0.29, 0.717) is 18.5 Å². The van der Waals surface area contributed by atoms with Crippen molar-refractivity contribution in [3.05, 3.63) is 29.6 Å². The molecule has 2 rings (SSSR count). The van der Waals surface area contributed by atoms with Crippen LogP contribution in [0, 0.1) is 5.82 Å². The summed E-state index contributed by atoms with van der Waals surface area (Å²) in [6.45, 7) is 0.215. The van der Waals surface area contributed by atoms with E-state index in [-0.39, 0.29) is 23.3 Å². The maximum absolute atomic E-state index is 13.0. The monoisotopic (exact) mass is 238 g/mol. The molecule has 0 saturated heterocycles. The van der Waals surface area contributed by atoms with Gasteiger partial charge in [0.1, 0.15) is 5.82 Å². The number of benzene rings is 1. The Morgan fingerprint density at radius 1 is 1.50 bits per heavy atom. The van der Waals surface area contributed by atoms with Gasteiger partial charge in [0.25, 0.3) is 0 Å². The highest BCUT2D eigenvalue weighted by atomic mass is 32.1. The van der Waals surface area contributed by atoms with Gasteiger partial charge in [0.15, 0.2) is 0 Å². The summed E-state index contributed by atoms with van der Waals surface area (Å²) in [5, 5.41) is 0. The van der Waals surface area contributed by atoms with Crippen LogP contribution in [0.15, 0.2) is 18.2 Å². The molecule has 0 fully saturated rings. The van der Waals surface area contributed by atoms with Crippen molar-refractivity contribution in [1.29, 1.82) is 0 Å². The van der Waals surface area contributed by atoms with E-state index in [2.05, 4.69) is 0 Å². The minimum atomic E-state index is -0.289. The standard InChI is InChI=1S/C11H11FN2OS/c12-8-2-3-9-7(5-8)1-4-11(15)14(9)6-10(13)16/h2-3,5H,1,4,6H2,(H2,13,16). The van der Waals surface area contributed by atoms with Crippen molar-refractivity contribution in [3.63, 3.8) is 0 Å². The Labute approximate surface area is 98.0 Å². The SMILES string of the molecule is NC(=S)CN1C(=O)CCc2cc(F)ccc21. The zero-order valence-corrected chi connectivity index (χ0v) is 9.39. The second-order valence-electron chi connectivity index (χ2n) is 3.72. The fraction of sp³-hybridized carbons (Fsp3) is 0.273. The number of fused-ring (bicyclic) bond motifs is 1. The molecule has 1 heterocycles. The van der Waals surface area contributed by atoms with Gasteiger partial charge in [-0.2, -0.15) is 0 Å². The molecule has 0 atom stereocenters. The zero-order valence-electron chi connectivity index (χ0n) is 8.57. The maximum Gasteiger partial charge on any atom is 0.227 e. The number of carbonyl (C=O) groups excluding carboxylic acids is 1. The molecule has 1 aromatic rings. The van der Waals surface area contributed by atoms with E-state index in [1.165, 1.54) is 17.0 Å². The molecule has 3 nitrogen and oxygen atoms in total. The molecule has 0 aromatic heterocycles. The van der Waals surface area contributed by atoms with Crippen molar-refractivity contribution in [2.75, 3.05) is 11.4 Å². The molecule has 2 N–H and O–H groups in total. The summed E-state index contributed by atoms with van der Waals surface area (Å²) >= 11 is 4.79. The second-order valence-corrected chi connectivity index (χ2v) is 4.24. The van der Waals surface area contributed by atoms with Crippen LogP contribution in [0.25, 0.3) is 0 Å². The molecule has 0 unspecified atom stereocenters. The predicted molar refractivity (Wildman–Crippen MR) is 63.9 cm³/mol. The van der Waals surface area contributed by atoms with Crippen molar-refractivity contribution in [2.24, 2.45) is 5.73 Å². The molecule has 1 aromatic carbocycles. The number of rotatable bonds is 2. The van der Waals surface area contributed by atoms with Gasteiger partial charge in [-0.3, -0.25) is 4.79 Å². The van der Waals surface area contributed by atoms with Crippen LogP contribution < -0.4 is 10.6 Å². The highest BCUT2D eigenvalue weighted by molar-refractivity contribution is 7.80. The molecule has 0 saturated carbocycles. The largest absolute Gasteiger partial charge is 0.392 e. The van der Waals surface area contributed by atoms with E-state index in [4.69, 9.17) is 18.0 Å². The van der Waals surface area contributed by atoms with Crippen molar-refractivity contribution >= 4 is 28.8 Å². The molecule has 0 spiro atoms. The number of aryl methyl sites for hydroxylation is 1. The lowest BCUT2D eigenvalue weighted by atomic mass is 10.0. The Bertz CT molecular complexity index is 461. The summed E-state index contributed by atoms with van der Waals surface area (Å²) in [4.78, 5) is 13.5. The lowest BCUT2D eigenvalue weighted by Crippen LogP contribution is -2.40. The van der Waals surface area contributed by atoms with Crippen LogP contribution in [-0.4, -0.2) is 17.4 Å². The van der Waals surface area contributed by atoms with E-state index in [1.807, 2.05) is 0 Å². The summed E-state index contributed by atoms with van der Waals surface area (Å²) in [5.41, 5.74) is 6.98. The van der Waals surface area contributed by atoms with Gasteiger partial charge in [0.2, 0.25) is 5.91 Å². The number of carbonyl (C=O) groups is 1. The Kier molecular flexibility index (Phi) is 2.87. The van der Waals surface area contributed by atoms with Crippen molar-refractivity contribution < 1.29 is 9.18 Å². The van der Waals surface area contributed by atoms with E-state index in [1.54, 1.807) is 6.07 Å². The van der Waals surface area contributed by atoms with Gasteiger partial charge in [-0.05, 0) is 30.2 Å². The molecule has 84 valence electrons. The van der Waals surface area contributed by atoms with E-state index in [9.17, 15) is 9.18 Å². The Hall–Kier alpha value is -1.49. The van der Waals surface area contributed by atoms with Crippen LogP contribution in [0.2, 0.25) is 0 Å². The quantitative estimate of drug-likeness (QED) is 0.792. The van der Waals surface area contributed by atoms with Crippen LogP contribution in [0.3, 0.4) is 0 Å². The lowest BCUT2D eigenvalue weighted by Gasteiger charge is -2.28. The topological polar surface area (TPSA) is 46.3 Å². The number of nitrogens with zero attached hydrogens (tertiary/aromatic N) is 1. The van der Waals surface area contributed by atoms with Gasteiger partial charge >= 0.3 is 0 Å². The first-order chi connectivity index (χ1) is 7.58. The number of halogens is 1. The van der Waals surface area contributed by atoms with Gasteiger partial charge in [-0.15, -0.1) is 0 Å². The van der Waals surface area contributed by atoms with Crippen LogP contribution >= 0.6 is 12.2 Å². The average molecular weight is 238 g/mol. The Morgan fingerprint density at radius 2 is 2.25 bits per heavy atom. The van der Waals surface area contributed by atoms with Gasteiger partial charge in [0, 0.05) is 12.1 Å². The van der Waals surface area contributed by atoms with E-state index < -0.39 is 0 Å². The van der Waals surface area contributed by atoms with Gasteiger partial charge < -0.3 is 10.6 Å². The third kappa shape index (κ3) is 2.04. The minimum Gasteiger partial charge on any atom is -0.392 e. The highest BCUT2D eigenvalue weighted by Gasteiger charge is 2.24. The van der Waals surface area contributed by atoms with Gasteiger partial charge in [0.05, 0.1) is 11.5 Å². The highest BCUT2D eigenvalue weighted by Crippen LogP contribution is 2.28. The lowest BCUT2D eigenvalue weighted by molar-refractivity contribution is -0.118. The third-order valence-corrected chi connectivity index (χ3v) is 2.68. The van der Waals surface area contributed by atoms with Crippen LogP contribution in [0.1, 0.15) is 12.0 Å². The Balaban J connectivity index is 2.40. The molecule has 1 aliphatic rings. The summed E-state index contributed by atoms with van der Waals surface area (Å²) < 4.78 is 13.0. The molecule has 5 heteroatoms.